The Morgan fingerprint density at radius 3 is 2.45 bits per heavy atom. The molecule has 1 unspecified atom stereocenters. The van der Waals surface area contributed by atoms with Gasteiger partial charge in [0.1, 0.15) is 5.76 Å². The smallest absolute Gasteiger partial charge is 0.301 e. The van der Waals surface area contributed by atoms with Crippen molar-refractivity contribution in [2.75, 3.05) is 12.0 Å². The fourth-order valence-electron chi connectivity index (χ4n) is 4.53. The Bertz CT molecular complexity index is 1650. The standard InChI is InChI=1S/C30H27N3O5S2/c1-16-6-9-19(10-7-16)15-39-30-32-31-29(40-30)33-25(20-11-12-22(34)23(14-20)38-4)24(27(36)28(33)37)26(35)21-13-17(2)5-8-18(21)3/h5-14,25,34-35H,15H2,1-4H3. The number of benzene rings is 3. The van der Waals surface area contributed by atoms with Crippen molar-refractivity contribution in [2.24, 2.45) is 0 Å². The van der Waals surface area contributed by atoms with Gasteiger partial charge in [0, 0.05) is 11.3 Å². The zero-order valence-electron chi connectivity index (χ0n) is 22.3. The van der Waals surface area contributed by atoms with Gasteiger partial charge in [0.15, 0.2) is 15.8 Å². The summed E-state index contributed by atoms with van der Waals surface area (Å²) in [5, 5.41) is 30.4. The van der Waals surface area contributed by atoms with Crippen LogP contribution in [-0.2, 0) is 15.3 Å². The molecule has 2 N–H and O–H groups in total. The van der Waals surface area contributed by atoms with Crippen molar-refractivity contribution in [3.63, 3.8) is 0 Å². The van der Waals surface area contributed by atoms with Gasteiger partial charge in [0.05, 0.1) is 18.7 Å². The maximum atomic E-state index is 13.5. The SMILES string of the molecule is COc1cc(C2C(=C(O)c3cc(C)ccc3C)C(=O)C(=O)N2c2nnc(SCc3ccc(C)cc3)s2)ccc1O. The summed E-state index contributed by atoms with van der Waals surface area (Å²) in [6, 6.07) is 17.3. The van der Waals surface area contributed by atoms with Crippen LogP contribution in [0.15, 0.2) is 70.6 Å². The maximum Gasteiger partial charge on any atom is 0.301 e. The molecule has 2 heterocycles. The van der Waals surface area contributed by atoms with Gasteiger partial charge in [0.25, 0.3) is 5.78 Å². The molecule has 0 radical (unpaired) electrons. The number of thioether (sulfide) groups is 1. The van der Waals surface area contributed by atoms with Crippen LogP contribution in [0.3, 0.4) is 0 Å². The van der Waals surface area contributed by atoms with E-state index in [0.29, 0.717) is 21.2 Å². The minimum atomic E-state index is -1.02. The number of ether oxygens (including phenoxy) is 1. The first-order valence-corrected chi connectivity index (χ1v) is 14.3. The van der Waals surface area contributed by atoms with E-state index in [0.717, 1.165) is 16.7 Å². The summed E-state index contributed by atoms with van der Waals surface area (Å²) < 4.78 is 5.93. The lowest BCUT2D eigenvalue weighted by atomic mass is 9.93. The second-order valence-corrected chi connectivity index (χ2v) is 11.7. The average Bonchev–Trinajstić information content (AvgIpc) is 3.51. The zero-order chi connectivity index (χ0) is 28.6. The van der Waals surface area contributed by atoms with Crippen LogP contribution in [0.4, 0.5) is 5.13 Å². The van der Waals surface area contributed by atoms with Crippen LogP contribution in [-0.4, -0.2) is 39.2 Å². The topological polar surface area (TPSA) is 113 Å². The van der Waals surface area contributed by atoms with E-state index in [1.807, 2.05) is 57.2 Å². The first kappa shape index (κ1) is 27.4. The number of ketones is 1. The molecule has 4 aromatic rings. The molecule has 3 aromatic carbocycles. The Labute approximate surface area is 240 Å². The average molecular weight is 574 g/mol. The predicted molar refractivity (Wildman–Crippen MR) is 156 cm³/mol. The first-order chi connectivity index (χ1) is 19.2. The van der Waals surface area contributed by atoms with Crippen molar-refractivity contribution >= 4 is 45.7 Å². The van der Waals surface area contributed by atoms with Gasteiger partial charge in [-0.25, -0.2) is 0 Å². The van der Waals surface area contributed by atoms with Gasteiger partial charge in [-0.05, 0) is 55.7 Å². The van der Waals surface area contributed by atoms with Crippen LogP contribution in [0.25, 0.3) is 5.76 Å². The molecule has 1 fully saturated rings. The molecule has 1 amide bonds. The number of rotatable bonds is 7. The molecule has 5 rings (SSSR count). The molecular weight excluding hydrogens is 546 g/mol. The maximum absolute atomic E-state index is 13.5. The van der Waals surface area contributed by atoms with E-state index < -0.39 is 17.7 Å². The lowest BCUT2D eigenvalue weighted by Crippen LogP contribution is -2.29. The summed E-state index contributed by atoms with van der Waals surface area (Å²) in [5.41, 5.74) is 4.79. The minimum Gasteiger partial charge on any atom is -0.507 e. The number of hydrogen-bond acceptors (Lipinski definition) is 9. The molecular formula is C30H27N3O5S2. The Kier molecular flexibility index (Phi) is 7.64. The summed E-state index contributed by atoms with van der Waals surface area (Å²) in [5.74, 6) is -1.20. The van der Waals surface area contributed by atoms with E-state index in [4.69, 9.17) is 4.74 Å². The number of methoxy groups -OCH3 is 1. The fraction of sp³-hybridized carbons (Fsp3) is 0.200. The molecule has 0 saturated carbocycles. The number of hydrogen-bond donors (Lipinski definition) is 2. The Hall–Kier alpha value is -4.15. The van der Waals surface area contributed by atoms with E-state index in [-0.39, 0.29) is 28.0 Å². The Balaban J connectivity index is 1.59. The van der Waals surface area contributed by atoms with Crippen LogP contribution in [0.1, 0.15) is 39.4 Å². The van der Waals surface area contributed by atoms with Crippen LogP contribution in [0, 0.1) is 20.8 Å². The molecule has 0 aliphatic carbocycles. The Morgan fingerprint density at radius 1 is 1.00 bits per heavy atom. The number of aromatic nitrogens is 2. The van der Waals surface area contributed by atoms with Gasteiger partial charge in [0.2, 0.25) is 5.13 Å². The van der Waals surface area contributed by atoms with Crippen LogP contribution in [0.5, 0.6) is 11.5 Å². The second-order valence-electron chi connectivity index (χ2n) is 9.54. The number of carbonyl (C=O) groups excluding carboxylic acids is 2. The summed E-state index contributed by atoms with van der Waals surface area (Å²) >= 11 is 2.67. The number of Topliss-reactive ketones (excluding diaryl/α,β-unsaturated/α-hetero) is 1. The second kappa shape index (κ2) is 11.1. The van der Waals surface area contributed by atoms with Crippen molar-refractivity contribution in [3.8, 4) is 11.5 Å². The molecule has 1 saturated heterocycles. The highest BCUT2D eigenvalue weighted by Gasteiger charge is 2.48. The van der Waals surface area contributed by atoms with Gasteiger partial charge in [-0.1, -0.05) is 76.7 Å². The highest BCUT2D eigenvalue weighted by atomic mass is 32.2. The van der Waals surface area contributed by atoms with Gasteiger partial charge >= 0.3 is 5.91 Å². The fourth-order valence-corrected chi connectivity index (χ4v) is 6.36. The third-order valence-electron chi connectivity index (χ3n) is 6.70. The lowest BCUT2D eigenvalue weighted by molar-refractivity contribution is -0.132. The van der Waals surface area contributed by atoms with Crippen LogP contribution < -0.4 is 9.64 Å². The molecule has 1 atom stereocenters. The summed E-state index contributed by atoms with van der Waals surface area (Å²) in [6.07, 6.45) is 0. The number of carbonyl (C=O) groups is 2. The van der Waals surface area contributed by atoms with E-state index in [9.17, 15) is 19.8 Å². The predicted octanol–water partition coefficient (Wildman–Crippen LogP) is 6.10. The van der Waals surface area contributed by atoms with Crippen molar-refractivity contribution in [3.05, 3.63) is 99.6 Å². The normalized spacial score (nSPS) is 16.5. The number of anilines is 1. The van der Waals surface area contributed by atoms with Crippen LogP contribution >= 0.6 is 23.1 Å². The Morgan fingerprint density at radius 2 is 1.73 bits per heavy atom. The molecule has 0 spiro atoms. The minimum absolute atomic E-state index is 0.0736. The summed E-state index contributed by atoms with van der Waals surface area (Å²) in [6.45, 7) is 5.74. The van der Waals surface area contributed by atoms with Crippen LogP contribution in [0.2, 0.25) is 0 Å². The number of amides is 1. The molecule has 0 bridgehead atoms. The van der Waals surface area contributed by atoms with Crippen molar-refractivity contribution in [1.29, 1.82) is 0 Å². The van der Waals surface area contributed by atoms with E-state index in [1.54, 1.807) is 18.2 Å². The largest absolute Gasteiger partial charge is 0.507 e. The highest BCUT2D eigenvalue weighted by molar-refractivity contribution is 8.00. The number of phenols is 1. The number of phenolic OH excluding ortho intramolecular Hbond substituents is 1. The molecule has 204 valence electrons. The van der Waals surface area contributed by atoms with Crippen molar-refractivity contribution in [1.82, 2.24) is 10.2 Å². The molecule has 1 aliphatic heterocycles. The molecule has 1 aliphatic rings. The molecule has 10 heteroatoms. The first-order valence-electron chi connectivity index (χ1n) is 12.4. The highest BCUT2D eigenvalue weighted by Crippen LogP contribution is 2.45. The van der Waals surface area contributed by atoms with Gasteiger partial charge < -0.3 is 14.9 Å². The molecule has 8 nitrogen and oxygen atoms in total. The van der Waals surface area contributed by atoms with Gasteiger partial charge in [-0.2, -0.15) is 0 Å². The summed E-state index contributed by atoms with van der Waals surface area (Å²) in [7, 11) is 1.41. The van der Waals surface area contributed by atoms with E-state index in [2.05, 4.69) is 10.2 Å². The monoisotopic (exact) mass is 573 g/mol. The third-order valence-corrected chi connectivity index (χ3v) is 8.82. The number of nitrogens with zero attached hydrogens (tertiary/aromatic N) is 3. The van der Waals surface area contributed by atoms with E-state index in [1.165, 1.54) is 46.7 Å². The zero-order valence-corrected chi connectivity index (χ0v) is 24.0. The summed E-state index contributed by atoms with van der Waals surface area (Å²) in [4.78, 5) is 28.3. The van der Waals surface area contributed by atoms with Gasteiger partial charge in [-0.15, -0.1) is 10.2 Å². The quantitative estimate of drug-likeness (QED) is 0.0897. The number of aliphatic hydroxyl groups is 1. The third kappa shape index (κ3) is 5.20. The molecule has 1 aromatic heterocycles. The van der Waals surface area contributed by atoms with Crippen molar-refractivity contribution in [2.45, 2.75) is 36.9 Å². The number of aryl methyl sites for hydroxylation is 3. The lowest BCUT2D eigenvalue weighted by Gasteiger charge is -2.23. The number of aromatic hydroxyl groups is 1. The van der Waals surface area contributed by atoms with Gasteiger partial charge in [-0.3, -0.25) is 14.5 Å². The molecule has 40 heavy (non-hydrogen) atoms. The van der Waals surface area contributed by atoms with Crippen molar-refractivity contribution < 1.29 is 24.5 Å². The van der Waals surface area contributed by atoms with E-state index >= 15 is 0 Å². The number of aliphatic hydroxyl groups excluding tert-OH is 1.